The van der Waals surface area contributed by atoms with E-state index >= 15 is 0 Å². The zero-order chi connectivity index (χ0) is 17.3. The summed E-state index contributed by atoms with van der Waals surface area (Å²) in [5.74, 6) is 5.52. The van der Waals surface area contributed by atoms with Crippen LogP contribution in [0.2, 0.25) is 0 Å². The van der Waals surface area contributed by atoms with Crippen LogP contribution in [0.4, 0.5) is 0 Å². The minimum absolute atomic E-state index is 0.139. The van der Waals surface area contributed by atoms with Crippen molar-refractivity contribution in [1.82, 2.24) is 0 Å². The van der Waals surface area contributed by atoms with E-state index in [9.17, 15) is 5.26 Å². The maximum atomic E-state index is 10.0. The molecule has 0 spiro atoms. The average molecular weight is 325 g/mol. The Hall–Kier alpha value is -1.02. The molecule has 130 valence electrons. The second-order valence-electron chi connectivity index (χ2n) is 10.1. The molecule has 0 unspecified atom stereocenters. The summed E-state index contributed by atoms with van der Waals surface area (Å²) in [7, 11) is 0. The Morgan fingerprint density at radius 3 is 2.42 bits per heavy atom. The summed E-state index contributed by atoms with van der Waals surface area (Å²) in [6.45, 7) is 17.1. The van der Waals surface area contributed by atoms with Gasteiger partial charge >= 0.3 is 0 Å². The van der Waals surface area contributed by atoms with Crippen LogP contribution in [0.3, 0.4) is 0 Å². The third kappa shape index (κ3) is 1.92. The Morgan fingerprint density at radius 1 is 1.04 bits per heavy atom. The number of nitrogens with zero attached hydrogens (tertiary/aromatic N) is 2. The Morgan fingerprint density at radius 2 is 1.75 bits per heavy atom. The van der Waals surface area contributed by atoms with Gasteiger partial charge in [0.1, 0.15) is 0 Å². The molecular formula is C22H32N2. The van der Waals surface area contributed by atoms with Gasteiger partial charge in [0.15, 0.2) is 0 Å². The molecule has 4 fully saturated rings. The highest BCUT2D eigenvalue weighted by atomic mass is 14.8. The third-order valence-electron chi connectivity index (χ3n) is 9.34. The predicted octanol–water partition coefficient (Wildman–Crippen LogP) is 5.56. The molecule has 0 radical (unpaired) electrons. The number of nitriles is 1. The van der Waals surface area contributed by atoms with E-state index in [4.69, 9.17) is 6.57 Å². The van der Waals surface area contributed by atoms with E-state index in [-0.39, 0.29) is 11.0 Å². The van der Waals surface area contributed by atoms with Gasteiger partial charge in [0.2, 0.25) is 5.54 Å². The fourth-order valence-corrected chi connectivity index (χ4v) is 7.89. The topological polar surface area (TPSA) is 28.1 Å². The van der Waals surface area contributed by atoms with Crippen molar-refractivity contribution >= 4 is 0 Å². The van der Waals surface area contributed by atoms with Gasteiger partial charge in [0.25, 0.3) is 0 Å². The van der Waals surface area contributed by atoms with Crippen LogP contribution >= 0.6 is 0 Å². The zero-order valence-corrected chi connectivity index (χ0v) is 15.8. The molecule has 0 aromatic heterocycles. The van der Waals surface area contributed by atoms with E-state index in [0.29, 0.717) is 29.6 Å². The molecule has 4 aliphatic rings. The minimum atomic E-state index is -0.150. The largest absolute Gasteiger partial charge is 0.310 e. The van der Waals surface area contributed by atoms with Crippen molar-refractivity contribution in [2.45, 2.75) is 71.8 Å². The van der Waals surface area contributed by atoms with Crippen LogP contribution in [0.15, 0.2) is 0 Å². The average Bonchev–Trinajstić information content (AvgIpc) is 2.58. The van der Waals surface area contributed by atoms with Crippen LogP contribution in [0.5, 0.6) is 0 Å². The highest BCUT2D eigenvalue weighted by molar-refractivity contribution is 5.18. The maximum absolute atomic E-state index is 10.0. The molecule has 4 aliphatic carbocycles. The van der Waals surface area contributed by atoms with Crippen molar-refractivity contribution in [3.8, 4) is 6.07 Å². The number of hydrogen-bond acceptors (Lipinski definition) is 1. The molecule has 4 saturated carbocycles. The Kier molecular flexibility index (Phi) is 3.59. The first kappa shape index (κ1) is 16.4. The van der Waals surface area contributed by atoms with Crippen LogP contribution in [0.1, 0.15) is 66.2 Å². The Labute approximate surface area is 147 Å². The monoisotopic (exact) mass is 324 g/mol. The van der Waals surface area contributed by atoms with Crippen LogP contribution < -0.4 is 0 Å². The molecule has 4 rings (SSSR count). The number of rotatable bonds is 0. The Bertz CT molecular complexity index is 612. The van der Waals surface area contributed by atoms with Crippen LogP contribution in [0.25, 0.3) is 4.85 Å². The van der Waals surface area contributed by atoms with Gasteiger partial charge in [0, 0.05) is 19.3 Å². The van der Waals surface area contributed by atoms with Gasteiger partial charge in [-0.2, -0.15) is 5.26 Å². The van der Waals surface area contributed by atoms with Crippen molar-refractivity contribution < 1.29 is 0 Å². The lowest BCUT2D eigenvalue weighted by Crippen LogP contribution is -2.61. The fraction of sp³-hybridized carbons (Fsp3) is 0.909. The van der Waals surface area contributed by atoms with Crippen LogP contribution in [-0.4, -0.2) is 5.54 Å². The third-order valence-corrected chi connectivity index (χ3v) is 9.34. The molecular weight excluding hydrogens is 292 g/mol. The van der Waals surface area contributed by atoms with Crippen molar-refractivity contribution in [2.75, 3.05) is 0 Å². The summed E-state index contributed by atoms with van der Waals surface area (Å²) in [5, 5.41) is 10.0. The van der Waals surface area contributed by atoms with E-state index in [2.05, 4.69) is 38.6 Å². The van der Waals surface area contributed by atoms with E-state index in [1.165, 1.54) is 32.1 Å². The highest BCUT2D eigenvalue weighted by Gasteiger charge is 2.65. The predicted molar refractivity (Wildman–Crippen MR) is 95.7 cm³/mol. The SMILES string of the molecule is [C-]#[N+][C@@]1(C)CC[C@H]2[C@H]3[C@@H]4[C@H](C[C@@H](C)[C@@](C)(C#N)[C@H]4CC[C@@H]31)C[C@@H]2C. The lowest BCUT2D eigenvalue weighted by molar-refractivity contribution is -0.154. The summed E-state index contributed by atoms with van der Waals surface area (Å²) in [6, 6.07) is 2.77. The minimum Gasteiger partial charge on any atom is -0.310 e. The quantitative estimate of drug-likeness (QED) is 0.536. The highest BCUT2D eigenvalue weighted by Crippen LogP contribution is 2.67. The van der Waals surface area contributed by atoms with E-state index < -0.39 is 0 Å². The summed E-state index contributed by atoms with van der Waals surface area (Å²) in [6.07, 6.45) is 7.32. The van der Waals surface area contributed by atoms with E-state index in [1.54, 1.807) is 0 Å². The molecule has 2 nitrogen and oxygen atoms in total. The first-order chi connectivity index (χ1) is 11.4. The zero-order valence-electron chi connectivity index (χ0n) is 15.8. The molecule has 0 saturated heterocycles. The molecule has 0 amide bonds. The van der Waals surface area contributed by atoms with E-state index in [1.807, 2.05) is 0 Å². The molecule has 10 atom stereocenters. The van der Waals surface area contributed by atoms with Gasteiger partial charge < -0.3 is 4.85 Å². The first-order valence-electron chi connectivity index (χ1n) is 10.2. The summed E-state index contributed by atoms with van der Waals surface area (Å²) < 4.78 is 0. The lowest BCUT2D eigenvalue weighted by Gasteiger charge is -2.64. The summed E-state index contributed by atoms with van der Waals surface area (Å²) in [4.78, 5) is 4.17. The fourth-order valence-electron chi connectivity index (χ4n) is 7.89. The maximum Gasteiger partial charge on any atom is 0.232 e. The molecule has 0 heterocycles. The van der Waals surface area contributed by atoms with Gasteiger partial charge in [-0.25, -0.2) is 6.57 Å². The van der Waals surface area contributed by atoms with Crippen LogP contribution in [-0.2, 0) is 0 Å². The van der Waals surface area contributed by atoms with Gasteiger partial charge in [0.05, 0.1) is 11.5 Å². The molecule has 24 heavy (non-hydrogen) atoms. The normalized spacial score (nSPS) is 58.9. The molecule has 0 N–H and O–H groups in total. The van der Waals surface area contributed by atoms with Crippen molar-refractivity contribution in [1.29, 1.82) is 5.26 Å². The smallest absolute Gasteiger partial charge is 0.232 e. The molecule has 0 aromatic rings. The van der Waals surface area contributed by atoms with Gasteiger partial charge in [-0.3, -0.25) is 0 Å². The second kappa shape index (κ2) is 5.24. The number of hydrogen-bond donors (Lipinski definition) is 0. The summed E-state index contributed by atoms with van der Waals surface area (Å²) >= 11 is 0. The molecule has 2 heteroatoms. The van der Waals surface area contributed by atoms with Crippen molar-refractivity contribution in [3.05, 3.63) is 11.4 Å². The molecule has 0 aromatic carbocycles. The molecule has 0 bridgehead atoms. The van der Waals surface area contributed by atoms with Gasteiger partial charge in [-0.15, -0.1) is 0 Å². The van der Waals surface area contributed by atoms with E-state index in [0.717, 1.165) is 24.2 Å². The second-order valence-corrected chi connectivity index (χ2v) is 10.1. The van der Waals surface area contributed by atoms with Gasteiger partial charge in [-0.1, -0.05) is 13.8 Å². The van der Waals surface area contributed by atoms with Crippen molar-refractivity contribution in [3.63, 3.8) is 0 Å². The molecule has 0 aliphatic heterocycles. The lowest BCUT2D eigenvalue weighted by atomic mass is 9.39. The standard InChI is InChI=1S/C22H32N2/c1-13-10-15-11-14(2)21(3,12-23)17-6-7-18-20(19(15)17)16(13)8-9-22(18,4)24-5/h13-20H,6-11H2,1-4H3/t13-,14+,15-,16+,17-,18-,19+,20+,21+,22-/m0/s1. The van der Waals surface area contributed by atoms with Crippen molar-refractivity contribution in [2.24, 2.45) is 52.8 Å². The van der Waals surface area contributed by atoms with Gasteiger partial charge in [-0.05, 0) is 80.5 Å². The first-order valence-corrected chi connectivity index (χ1v) is 10.2. The van der Waals surface area contributed by atoms with Crippen LogP contribution in [0, 0.1) is 70.7 Å². The Balaban J connectivity index is 1.79. The summed E-state index contributed by atoms with van der Waals surface area (Å²) in [5.41, 5.74) is -0.289.